The number of para-hydroxylation sites is 1. The number of likely N-dealkylation sites (N-methyl/N-ethyl adjacent to an activating group) is 1. The molecule has 0 N–H and O–H groups in total. The fraction of sp³-hybridized carbons (Fsp3) is 0.259. The summed E-state index contributed by atoms with van der Waals surface area (Å²) in [6.07, 6.45) is 0. The lowest BCUT2D eigenvalue weighted by atomic mass is 9.95. The number of aromatic nitrogens is 1. The van der Waals surface area contributed by atoms with Gasteiger partial charge in [0.25, 0.3) is 11.5 Å². The first kappa shape index (κ1) is 25.2. The predicted octanol–water partition coefficient (Wildman–Crippen LogP) is 3.31. The number of carbonyl (C=O) groups is 2. The topological polar surface area (TPSA) is 90.2 Å². The molecule has 190 valence electrons. The predicted molar refractivity (Wildman–Crippen MR) is 145 cm³/mol. The second kappa shape index (κ2) is 9.75. The van der Waals surface area contributed by atoms with Gasteiger partial charge in [-0.25, -0.2) is 9.79 Å². The zero-order valence-corrected chi connectivity index (χ0v) is 23.1. The molecule has 0 saturated carbocycles. The smallest absolute Gasteiger partial charge is 0.338 e. The van der Waals surface area contributed by atoms with Crippen molar-refractivity contribution in [1.82, 2.24) is 4.57 Å². The summed E-state index contributed by atoms with van der Waals surface area (Å²) in [7, 11) is 1.53. The molecular weight excluding hydrogens is 558 g/mol. The Hall–Kier alpha value is -3.50. The molecule has 5 rings (SSSR count). The van der Waals surface area contributed by atoms with Gasteiger partial charge in [-0.15, -0.1) is 0 Å². The minimum Gasteiger partial charge on any atom is -0.496 e. The Morgan fingerprint density at radius 3 is 2.62 bits per heavy atom. The van der Waals surface area contributed by atoms with E-state index in [0.717, 1.165) is 21.5 Å². The van der Waals surface area contributed by atoms with Crippen molar-refractivity contribution in [3.8, 4) is 5.75 Å². The molecule has 10 heteroatoms. The molecule has 2 aliphatic heterocycles. The molecule has 1 atom stereocenters. The number of carbonyl (C=O) groups excluding carboxylic acids is 2. The first-order valence-corrected chi connectivity index (χ1v) is 13.4. The number of nitrogens with zero attached hydrogens (tertiary/aromatic N) is 3. The van der Waals surface area contributed by atoms with E-state index in [-0.39, 0.29) is 22.6 Å². The number of ether oxygens (including phenoxy) is 2. The number of fused-ring (bicyclic) bond motifs is 2. The van der Waals surface area contributed by atoms with E-state index in [1.807, 2.05) is 43.3 Å². The fourth-order valence-electron chi connectivity index (χ4n) is 4.87. The van der Waals surface area contributed by atoms with Gasteiger partial charge >= 0.3 is 5.97 Å². The largest absolute Gasteiger partial charge is 0.496 e. The lowest BCUT2D eigenvalue weighted by Gasteiger charge is -2.26. The molecule has 2 aliphatic rings. The highest BCUT2D eigenvalue weighted by atomic mass is 79.9. The van der Waals surface area contributed by atoms with E-state index in [1.165, 1.54) is 11.7 Å². The van der Waals surface area contributed by atoms with E-state index in [2.05, 4.69) is 20.9 Å². The van der Waals surface area contributed by atoms with Crippen LogP contribution in [0.1, 0.15) is 37.9 Å². The van der Waals surface area contributed by atoms with E-state index in [4.69, 9.17) is 9.47 Å². The number of methoxy groups -OCH3 is 1. The third-order valence-corrected chi connectivity index (χ3v) is 7.99. The van der Waals surface area contributed by atoms with Gasteiger partial charge in [-0.2, -0.15) is 0 Å². The number of rotatable bonds is 5. The molecule has 0 fully saturated rings. The van der Waals surface area contributed by atoms with Crippen molar-refractivity contribution in [2.45, 2.75) is 26.8 Å². The monoisotopic (exact) mass is 581 g/mol. The molecule has 3 aromatic rings. The summed E-state index contributed by atoms with van der Waals surface area (Å²) in [5.74, 6) is -0.289. The van der Waals surface area contributed by atoms with Crippen molar-refractivity contribution >= 4 is 50.4 Å². The highest BCUT2D eigenvalue weighted by Gasteiger charge is 2.38. The molecule has 1 amide bonds. The maximum atomic E-state index is 14.1. The Labute approximate surface area is 225 Å². The molecule has 3 heterocycles. The molecule has 0 bridgehead atoms. The first-order valence-electron chi connectivity index (χ1n) is 11.8. The van der Waals surface area contributed by atoms with Gasteiger partial charge in [0.1, 0.15) is 16.3 Å². The number of thiazole rings is 1. The first-order chi connectivity index (χ1) is 17.8. The highest BCUT2D eigenvalue weighted by molar-refractivity contribution is 9.10. The van der Waals surface area contributed by atoms with E-state index in [1.54, 1.807) is 24.8 Å². The van der Waals surface area contributed by atoms with Gasteiger partial charge in [-0.05, 0) is 45.0 Å². The number of halogens is 1. The third kappa shape index (κ3) is 3.95. The normalized spacial score (nSPS) is 17.9. The number of anilines is 1. The number of esters is 1. The Morgan fingerprint density at radius 2 is 1.92 bits per heavy atom. The molecule has 1 aromatic heterocycles. The van der Waals surface area contributed by atoms with Crippen LogP contribution in [0.5, 0.6) is 5.75 Å². The molecular formula is C27H24BrN3O5S. The standard InChI is InChI=1S/C27H24BrN3O5S/c1-5-30-18-10-8-7-9-16(18)21(24(30)32)23-25(33)31-22(17-13-15(28)11-12-19(17)35-4)20(26(34)36-6-2)14(3)29-27(31)37-23/h7-13,22H,5-6H2,1-4H3/b23-21-/t22-/m0/s1. The molecule has 0 aliphatic carbocycles. The average Bonchev–Trinajstić information content (AvgIpc) is 3.35. The summed E-state index contributed by atoms with van der Waals surface area (Å²) in [5.41, 5.74) is 2.70. The number of hydrogen-bond donors (Lipinski definition) is 0. The van der Waals surface area contributed by atoms with Crippen molar-refractivity contribution in [3.05, 3.63) is 89.0 Å². The zero-order chi connectivity index (χ0) is 26.4. The van der Waals surface area contributed by atoms with Gasteiger partial charge in [0.15, 0.2) is 4.80 Å². The maximum Gasteiger partial charge on any atom is 0.338 e. The van der Waals surface area contributed by atoms with E-state index in [0.29, 0.717) is 39.5 Å². The number of allylic oxidation sites excluding steroid dienone is 1. The van der Waals surface area contributed by atoms with Gasteiger partial charge in [0.2, 0.25) is 0 Å². The number of hydrogen-bond acceptors (Lipinski definition) is 7. The summed E-state index contributed by atoms with van der Waals surface area (Å²) >= 11 is 4.65. The Bertz CT molecular complexity index is 1670. The Kier molecular flexibility index (Phi) is 6.63. The van der Waals surface area contributed by atoms with Crippen molar-refractivity contribution in [3.63, 3.8) is 0 Å². The van der Waals surface area contributed by atoms with Gasteiger partial charge in [-0.1, -0.05) is 45.5 Å². The summed E-state index contributed by atoms with van der Waals surface area (Å²) in [5, 5.41) is 0. The lowest BCUT2D eigenvalue weighted by molar-refractivity contribution is -0.139. The van der Waals surface area contributed by atoms with Crippen molar-refractivity contribution in [2.24, 2.45) is 4.99 Å². The third-order valence-electron chi connectivity index (χ3n) is 6.45. The Balaban J connectivity index is 1.87. The fourth-order valence-corrected chi connectivity index (χ4v) is 6.38. The van der Waals surface area contributed by atoms with Gasteiger partial charge in [-0.3, -0.25) is 14.2 Å². The van der Waals surface area contributed by atoms with Crippen LogP contribution in [0.15, 0.2) is 68.0 Å². The zero-order valence-electron chi connectivity index (χ0n) is 20.7. The number of amides is 1. The van der Waals surface area contributed by atoms with Crippen LogP contribution >= 0.6 is 27.3 Å². The van der Waals surface area contributed by atoms with Crippen molar-refractivity contribution < 1.29 is 19.1 Å². The lowest BCUT2D eigenvalue weighted by Crippen LogP contribution is -2.41. The molecule has 8 nitrogen and oxygen atoms in total. The second-order valence-electron chi connectivity index (χ2n) is 8.45. The minimum atomic E-state index is -0.855. The average molecular weight is 582 g/mol. The van der Waals surface area contributed by atoms with Gasteiger partial charge in [0, 0.05) is 22.1 Å². The summed E-state index contributed by atoms with van der Waals surface area (Å²) in [4.78, 5) is 47.5. The van der Waals surface area contributed by atoms with Crippen molar-refractivity contribution in [2.75, 3.05) is 25.2 Å². The molecule has 0 unspecified atom stereocenters. The van der Waals surface area contributed by atoms with E-state index in [9.17, 15) is 14.4 Å². The van der Waals surface area contributed by atoms with Crippen LogP contribution in [-0.4, -0.2) is 36.7 Å². The van der Waals surface area contributed by atoms with Gasteiger partial charge in [0.05, 0.1) is 36.2 Å². The molecule has 0 saturated heterocycles. The second-order valence-corrected chi connectivity index (χ2v) is 10.3. The molecule has 0 spiro atoms. The van der Waals surface area contributed by atoms with Crippen LogP contribution in [0.4, 0.5) is 5.69 Å². The van der Waals surface area contributed by atoms with Crippen LogP contribution < -0.4 is 24.5 Å². The SMILES string of the molecule is CCOC(=O)C1=C(C)N=c2s/c(=C3\C(=O)N(CC)c4ccccc43)c(=O)n2[C@H]1c1cc(Br)ccc1OC. The molecule has 37 heavy (non-hydrogen) atoms. The quantitative estimate of drug-likeness (QED) is 0.431. The van der Waals surface area contributed by atoms with Crippen LogP contribution in [0, 0.1) is 0 Å². The van der Waals surface area contributed by atoms with E-state index < -0.39 is 17.6 Å². The van der Waals surface area contributed by atoms with Crippen LogP contribution in [0.25, 0.3) is 5.57 Å². The maximum absolute atomic E-state index is 14.1. The van der Waals surface area contributed by atoms with Crippen molar-refractivity contribution in [1.29, 1.82) is 0 Å². The van der Waals surface area contributed by atoms with Gasteiger partial charge < -0.3 is 14.4 Å². The minimum absolute atomic E-state index is 0.171. The van der Waals surface area contributed by atoms with Crippen LogP contribution in [0.3, 0.4) is 0 Å². The number of benzene rings is 2. The summed E-state index contributed by atoms with van der Waals surface area (Å²) in [6, 6.07) is 12.0. The summed E-state index contributed by atoms with van der Waals surface area (Å²) in [6.45, 7) is 5.99. The van der Waals surface area contributed by atoms with E-state index >= 15 is 0 Å². The van der Waals surface area contributed by atoms with Crippen LogP contribution in [0.2, 0.25) is 0 Å². The highest BCUT2D eigenvalue weighted by Crippen LogP contribution is 2.38. The Morgan fingerprint density at radius 1 is 1.16 bits per heavy atom. The van der Waals surface area contributed by atoms with Crippen LogP contribution in [-0.2, 0) is 14.3 Å². The molecule has 2 aromatic carbocycles. The molecule has 0 radical (unpaired) electrons. The summed E-state index contributed by atoms with van der Waals surface area (Å²) < 4.78 is 13.5.